The molecular weight excluding hydrogens is 472 g/mol. The van der Waals surface area contributed by atoms with Crippen molar-refractivity contribution in [2.75, 3.05) is 19.5 Å². The fraction of sp³-hybridized carbons (Fsp3) is 0.280. The Bertz CT molecular complexity index is 1230. The molecule has 1 aliphatic carbocycles. The number of ketones is 1. The first-order valence-electron chi connectivity index (χ1n) is 10.5. The lowest BCUT2D eigenvalue weighted by Gasteiger charge is -2.34. The Morgan fingerprint density at radius 3 is 2.47 bits per heavy atom. The third kappa shape index (κ3) is 3.41. The van der Waals surface area contributed by atoms with E-state index in [9.17, 15) is 4.79 Å². The number of fused-ring (bicyclic) bond motifs is 1. The summed E-state index contributed by atoms with van der Waals surface area (Å²) in [6, 6.07) is 14.0. The van der Waals surface area contributed by atoms with Gasteiger partial charge in [0.15, 0.2) is 17.3 Å². The smallest absolute Gasteiger partial charge is 0.233 e. The van der Waals surface area contributed by atoms with E-state index in [1.165, 1.54) is 0 Å². The molecule has 0 radical (unpaired) electrons. The van der Waals surface area contributed by atoms with Gasteiger partial charge in [-0.25, -0.2) is 0 Å². The molecule has 6 nitrogen and oxygen atoms in total. The van der Waals surface area contributed by atoms with Gasteiger partial charge in [-0.15, -0.1) is 0 Å². The number of rotatable bonds is 4. The molecule has 0 spiro atoms. The predicted octanol–water partition coefficient (Wildman–Crippen LogP) is 5.72. The van der Waals surface area contributed by atoms with Gasteiger partial charge in [-0.2, -0.15) is 0 Å². The minimum Gasteiger partial charge on any atom is -0.493 e. The molecule has 1 aromatic heterocycles. The summed E-state index contributed by atoms with van der Waals surface area (Å²) >= 11 is 3.50. The van der Waals surface area contributed by atoms with Crippen LogP contribution in [0.4, 0.5) is 5.88 Å². The van der Waals surface area contributed by atoms with Gasteiger partial charge in [-0.3, -0.25) is 4.79 Å². The number of benzene rings is 2. The van der Waals surface area contributed by atoms with Crippen molar-refractivity contribution in [3.05, 3.63) is 80.6 Å². The quantitative estimate of drug-likeness (QED) is 0.499. The zero-order chi connectivity index (χ0) is 22.4. The Kier molecular flexibility index (Phi) is 5.29. The molecule has 7 heteroatoms. The topological polar surface area (TPSA) is 73.6 Å². The maximum atomic E-state index is 13.6. The van der Waals surface area contributed by atoms with Crippen LogP contribution in [0.2, 0.25) is 0 Å². The standard InChI is InChI=1S/C25H23BrN2O4/c1-13-22-23(14-4-7-17(26)8-5-14)24-18(27-25(22)32-28-13)10-16(11-19(24)29)15-6-9-20(30-2)21(12-15)31-3/h4-9,12,16,23,27H,10-11H2,1-3H3/t16-,23+/m0/s1. The maximum absolute atomic E-state index is 13.6. The van der Waals surface area contributed by atoms with Gasteiger partial charge in [0.2, 0.25) is 5.88 Å². The van der Waals surface area contributed by atoms with E-state index >= 15 is 0 Å². The van der Waals surface area contributed by atoms with E-state index in [1.807, 2.05) is 37.3 Å². The number of Topliss-reactive ketones (excluding diaryl/α,β-unsaturated/α-hetero) is 1. The molecule has 0 fully saturated rings. The van der Waals surface area contributed by atoms with Crippen LogP contribution in [0.25, 0.3) is 0 Å². The number of nitrogens with one attached hydrogen (secondary N) is 1. The summed E-state index contributed by atoms with van der Waals surface area (Å²) in [6.45, 7) is 1.92. The Morgan fingerprint density at radius 1 is 1.03 bits per heavy atom. The van der Waals surface area contributed by atoms with Gasteiger partial charge >= 0.3 is 0 Å². The number of allylic oxidation sites excluding steroid dienone is 2. The first kappa shape index (κ1) is 20.8. The summed E-state index contributed by atoms with van der Waals surface area (Å²) in [5.74, 6) is 1.93. The number of halogens is 1. The third-order valence-electron chi connectivity index (χ3n) is 6.34. The van der Waals surface area contributed by atoms with Gasteiger partial charge in [0, 0.05) is 28.1 Å². The molecule has 2 atom stereocenters. The molecule has 0 amide bonds. The largest absolute Gasteiger partial charge is 0.493 e. The van der Waals surface area contributed by atoms with Gasteiger partial charge in [0.1, 0.15) is 0 Å². The minimum atomic E-state index is -0.195. The van der Waals surface area contributed by atoms with Gasteiger partial charge in [0.05, 0.1) is 25.5 Å². The number of anilines is 1. The van der Waals surface area contributed by atoms with E-state index in [1.54, 1.807) is 14.2 Å². The lowest BCUT2D eigenvalue weighted by molar-refractivity contribution is -0.116. The highest BCUT2D eigenvalue weighted by Gasteiger charge is 2.41. The van der Waals surface area contributed by atoms with Crippen LogP contribution < -0.4 is 14.8 Å². The van der Waals surface area contributed by atoms with Crippen molar-refractivity contribution in [1.82, 2.24) is 5.16 Å². The van der Waals surface area contributed by atoms with E-state index in [4.69, 9.17) is 14.0 Å². The normalized spacial score (nSPS) is 19.8. The Morgan fingerprint density at radius 2 is 1.75 bits per heavy atom. The van der Waals surface area contributed by atoms with Gasteiger partial charge in [-0.1, -0.05) is 39.3 Å². The lowest BCUT2D eigenvalue weighted by Crippen LogP contribution is -2.29. The van der Waals surface area contributed by atoms with Crippen LogP contribution >= 0.6 is 15.9 Å². The highest BCUT2D eigenvalue weighted by atomic mass is 79.9. The number of carbonyl (C=O) groups excluding carboxylic acids is 1. The summed E-state index contributed by atoms with van der Waals surface area (Å²) in [4.78, 5) is 13.6. The molecule has 3 aromatic rings. The molecule has 2 heterocycles. The van der Waals surface area contributed by atoms with Gasteiger partial charge < -0.3 is 19.3 Å². The maximum Gasteiger partial charge on any atom is 0.233 e. The molecule has 32 heavy (non-hydrogen) atoms. The number of hydrogen-bond acceptors (Lipinski definition) is 6. The Balaban J connectivity index is 1.57. The van der Waals surface area contributed by atoms with E-state index in [0.717, 1.165) is 38.1 Å². The first-order chi connectivity index (χ1) is 15.5. The number of methoxy groups -OCH3 is 2. The predicted molar refractivity (Wildman–Crippen MR) is 124 cm³/mol. The summed E-state index contributed by atoms with van der Waals surface area (Å²) in [5, 5.41) is 7.55. The van der Waals surface area contributed by atoms with E-state index in [0.29, 0.717) is 30.2 Å². The van der Waals surface area contributed by atoms with Crippen molar-refractivity contribution < 1.29 is 18.8 Å². The molecule has 0 saturated heterocycles. The first-order valence-corrected chi connectivity index (χ1v) is 11.3. The zero-order valence-corrected chi connectivity index (χ0v) is 19.7. The molecule has 5 rings (SSSR count). The number of hydrogen-bond donors (Lipinski definition) is 1. The van der Waals surface area contributed by atoms with Crippen LogP contribution in [-0.2, 0) is 4.79 Å². The lowest BCUT2D eigenvalue weighted by atomic mass is 9.72. The fourth-order valence-electron chi connectivity index (χ4n) is 4.80. The molecule has 2 aliphatic rings. The third-order valence-corrected chi connectivity index (χ3v) is 6.87. The summed E-state index contributed by atoms with van der Waals surface area (Å²) in [5.41, 5.74) is 5.53. The van der Waals surface area contributed by atoms with Gasteiger partial charge in [-0.05, 0) is 54.7 Å². The number of aryl methyl sites for hydroxylation is 1. The van der Waals surface area contributed by atoms with E-state index in [-0.39, 0.29) is 17.6 Å². The molecule has 1 N–H and O–H groups in total. The van der Waals surface area contributed by atoms with Gasteiger partial charge in [0.25, 0.3) is 0 Å². The molecule has 0 unspecified atom stereocenters. The number of nitrogens with zero attached hydrogens (tertiary/aromatic N) is 1. The molecule has 1 aliphatic heterocycles. The van der Waals surface area contributed by atoms with E-state index in [2.05, 4.69) is 38.5 Å². The summed E-state index contributed by atoms with van der Waals surface area (Å²) in [6.07, 6.45) is 1.13. The van der Waals surface area contributed by atoms with Crippen molar-refractivity contribution in [3.63, 3.8) is 0 Å². The van der Waals surface area contributed by atoms with Crippen molar-refractivity contribution in [1.29, 1.82) is 0 Å². The minimum absolute atomic E-state index is 0.0321. The van der Waals surface area contributed by atoms with Crippen molar-refractivity contribution >= 4 is 27.6 Å². The molecular formula is C25H23BrN2O4. The van der Waals surface area contributed by atoms with Crippen molar-refractivity contribution in [2.45, 2.75) is 31.6 Å². The van der Waals surface area contributed by atoms with Crippen LogP contribution in [0.1, 0.15) is 47.1 Å². The second-order valence-electron chi connectivity index (χ2n) is 8.16. The van der Waals surface area contributed by atoms with E-state index < -0.39 is 0 Å². The molecule has 2 aromatic carbocycles. The average Bonchev–Trinajstić information content (AvgIpc) is 3.18. The average molecular weight is 495 g/mol. The summed E-state index contributed by atoms with van der Waals surface area (Å²) < 4.78 is 17.4. The summed E-state index contributed by atoms with van der Waals surface area (Å²) in [7, 11) is 3.23. The van der Waals surface area contributed by atoms with Crippen LogP contribution in [0, 0.1) is 6.92 Å². The van der Waals surface area contributed by atoms with Crippen LogP contribution in [0.15, 0.2) is 62.7 Å². The molecule has 0 saturated carbocycles. The Hall–Kier alpha value is -3.06. The number of aromatic nitrogens is 1. The number of ether oxygens (including phenoxy) is 2. The highest BCUT2D eigenvalue weighted by molar-refractivity contribution is 9.10. The highest BCUT2D eigenvalue weighted by Crippen LogP contribution is 2.49. The van der Waals surface area contributed by atoms with Crippen LogP contribution in [-0.4, -0.2) is 25.2 Å². The molecule has 0 bridgehead atoms. The second-order valence-corrected chi connectivity index (χ2v) is 9.07. The van der Waals surface area contributed by atoms with Crippen LogP contribution in [0.3, 0.4) is 0 Å². The second kappa shape index (κ2) is 8.13. The van der Waals surface area contributed by atoms with Crippen LogP contribution in [0.5, 0.6) is 11.5 Å². The van der Waals surface area contributed by atoms with Crippen molar-refractivity contribution in [3.8, 4) is 11.5 Å². The number of carbonyl (C=O) groups is 1. The zero-order valence-electron chi connectivity index (χ0n) is 18.1. The monoisotopic (exact) mass is 494 g/mol. The van der Waals surface area contributed by atoms with Crippen molar-refractivity contribution in [2.24, 2.45) is 0 Å². The molecule has 164 valence electrons. The Labute approximate surface area is 194 Å². The fourth-order valence-corrected chi connectivity index (χ4v) is 5.07. The SMILES string of the molecule is COc1ccc([C@@H]2CC(=O)C3=C(C2)Nc2onc(C)c2[C@H]3c2ccc(Br)cc2)cc1OC.